The third-order valence-corrected chi connectivity index (χ3v) is 3.85. The van der Waals surface area contributed by atoms with Crippen molar-refractivity contribution in [2.45, 2.75) is 45.3 Å². The standard InChI is InChI=1S/C13H26N2O/c1-13(2)6-7-15(10-13)9-12-5-4-11(16-12)8-14-3/h11-12,14H,4-10H2,1-3H3. The number of rotatable bonds is 4. The maximum atomic E-state index is 6.03. The highest BCUT2D eigenvalue weighted by Crippen LogP contribution is 2.30. The second-order valence-electron chi connectivity index (χ2n) is 6.16. The van der Waals surface area contributed by atoms with Crippen molar-refractivity contribution in [1.82, 2.24) is 10.2 Å². The Labute approximate surface area is 99.5 Å². The number of hydrogen-bond acceptors (Lipinski definition) is 3. The molecule has 0 saturated carbocycles. The fraction of sp³-hybridized carbons (Fsp3) is 1.00. The van der Waals surface area contributed by atoms with Gasteiger partial charge in [0.1, 0.15) is 0 Å². The van der Waals surface area contributed by atoms with Crippen molar-refractivity contribution >= 4 is 0 Å². The second-order valence-corrected chi connectivity index (χ2v) is 6.16. The Bertz CT molecular complexity index is 230. The Kier molecular flexibility index (Phi) is 3.88. The van der Waals surface area contributed by atoms with Gasteiger partial charge in [0.05, 0.1) is 12.2 Å². The maximum Gasteiger partial charge on any atom is 0.0707 e. The van der Waals surface area contributed by atoms with E-state index in [0.29, 0.717) is 17.6 Å². The van der Waals surface area contributed by atoms with Gasteiger partial charge >= 0.3 is 0 Å². The van der Waals surface area contributed by atoms with Crippen LogP contribution in [0.25, 0.3) is 0 Å². The number of nitrogens with one attached hydrogen (secondary N) is 1. The van der Waals surface area contributed by atoms with Crippen molar-refractivity contribution in [2.24, 2.45) is 5.41 Å². The largest absolute Gasteiger partial charge is 0.372 e. The van der Waals surface area contributed by atoms with Crippen LogP contribution in [0.2, 0.25) is 0 Å². The SMILES string of the molecule is CNCC1CCC(CN2CCC(C)(C)C2)O1. The number of hydrogen-bond donors (Lipinski definition) is 1. The van der Waals surface area contributed by atoms with Crippen molar-refractivity contribution in [3.8, 4) is 0 Å². The summed E-state index contributed by atoms with van der Waals surface area (Å²) in [5.74, 6) is 0. The molecule has 0 bridgehead atoms. The molecule has 94 valence electrons. The molecule has 3 heteroatoms. The summed E-state index contributed by atoms with van der Waals surface area (Å²) in [5, 5.41) is 3.20. The van der Waals surface area contributed by atoms with Gasteiger partial charge in [-0.25, -0.2) is 0 Å². The average molecular weight is 226 g/mol. The first-order valence-corrected chi connectivity index (χ1v) is 6.61. The van der Waals surface area contributed by atoms with Gasteiger partial charge in [-0.2, -0.15) is 0 Å². The average Bonchev–Trinajstić information content (AvgIpc) is 2.75. The van der Waals surface area contributed by atoms with Gasteiger partial charge in [0, 0.05) is 19.6 Å². The third kappa shape index (κ3) is 3.19. The molecule has 16 heavy (non-hydrogen) atoms. The first-order valence-electron chi connectivity index (χ1n) is 6.61. The zero-order chi connectivity index (χ0) is 11.6. The maximum absolute atomic E-state index is 6.03. The zero-order valence-electron chi connectivity index (χ0n) is 11.0. The third-order valence-electron chi connectivity index (χ3n) is 3.85. The number of ether oxygens (including phenoxy) is 1. The number of nitrogens with zero attached hydrogens (tertiary/aromatic N) is 1. The van der Waals surface area contributed by atoms with E-state index < -0.39 is 0 Å². The van der Waals surface area contributed by atoms with Gasteiger partial charge < -0.3 is 15.0 Å². The van der Waals surface area contributed by atoms with E-state index in [1.54, 1.807) is 0 Å². The molecule has 2 aliphatic rings. The van der Waals surface area contributed by atoms with Gasteiger partial charge in [0.25, 0.3) is 0 Å². The predicted molar refractivity (Wildman–Crippen MR) is 66.7 cm³/mol. The predicted octanol–water partition coefficient (Wildman–Crippen LogP) is 1.49. The lowest BCUT2D eigenvalue weighted by Gasteiger charge is -2.23. The Morgan fingerprint density at radius 1 is 1.31 bits per heavy atom. The van der Waals surface area contributed by atoms with E-state index in [-0.39, 0.29) is 0 Å². The summed E-state index contributed by atoms with van der Waals surface area (Å²) in [5.41, 5.74) is 0.517. The van der Waals surface area contributed by atoms with E-state index in [4.69, 9.17) is 4.74 Å². The summed E-state index contributed by atoms with van der Waals surface area (Å²) in [6.45, 7) is 9.37. The molecule has 2 aliphatic heterocycles. The van der Waals surface area contributed by atoms with Crippen LogP contribution in [0, 0.1) is 5.41 Å². The first-order chi connectivity index (χ1) is 7.59. The van der Waals surface area contributed by atoms with Crippen molar-refractivity contribution in [1.29, 1.82) is 0 Å². The molecule has 0 aromatic carbocycles. The monoisotopic (exact) mass is 226 g/mol. The summed E-state index contributed by atoms with van der Waals surface area (Å²) in [6.07, 6.45) is 4.73. The van der Waals surface area contributed by atoms with Crippen LogP contribution in [0.5, 0.6) is 0 Å². The van der Waals surface area contributed by atoms with Crippen molar-refractivity contribution in [2.75, 3.05) is 33.2 Å². The highest BCUT2D eigenvalue weighted by Gasteiger charge is 2.32. The van der Waals surface area contributed by atoms with E-state index in [0.717, 1.165) is 13.1 Å². The fourth-order valence-corrected chi connectivity index (χ4v) is 2.96. The summed E-state index contributed by atoms with van der Waals surface area (Å²) < 4.78 is 6.03. The molecule has 2 unspecified atom stereocenters. The van der Waals surface area contributed by atoms with Crippen LogP contribution in [-0.4, -0.2) is 50.3 Å². The molecule has 0 aromatic heterocycles. The molecule has 0 aromatic rings. The normalized spacial score (nSPS) is 34.7. The van der Waals surface area contributed by atoms with Crippen LogP contribution in [0.3, 0.4) is 0 Å². The zero-order valence-corrected chi connectivity index (χ0v) is 11.0. The van der Waals surface area contributed by atoms with Crippen LogP contribution in [0.1, 0.15) is 33.1 Å². The van der Waals surface area contributed by atoms with Crippen LogP contribution < -0.4 is 5.32 Å². The molecule has 0 aliphatic carbocycles. The van der Waals surface area contributed by atoms with E-state index in [1.807, 2.05) is 7.05 Å². The highest BCUT2D eigenvalue weighted by molar-refractivity contribution is 4.85. The fourth-order valence-electron chi connectivity index (χ4n) is 2.96. The molecule has 2 heterocycles. The molecular weight excluding hydrogens is 200 g/mol. The lowest BCUT2D eigenvalue weighted by molar-refractivity contribution is 0.0269. The lowest BCUT2D eigenvalue weighted by atomic mass is 9.93. The first kappa shape index (κ1) is 12.3. The van der Waals surface area contributed by atoms with Crippen LogP contribution in [0.4, 0.5) is 0 Å². The number of likely N-dealkylation sites (N-methyl/N-ethyl adjacent to an activating group) is 1. The molecule has 3 nitrogen and oxygen atoms in total. The van der Waals surface area contributed by atoms with Gasteiger partial charge in [-0.1, -0.05) is 13.8 Å². The number of likely N-dealkylation sites (tertiary alicyclic amines) is 1. The molecule has 2 saturated heterocycles. The van der Waals surface area contributed by atoms with Gasteiger partial charge in [-0.05, 0) is 38.3 Å². The molecule has 2 fully saturated rings. The molecule has 2 atom stereocenters. The van der Waals surface area contributed by atoms with Crippen molar-refractivity contribution < 1.29 is 4.74 Å². The minimum absolute atomic E-state index is 0.450. The van der Waals surface area contributed by atoms with Crippen LogP contribution >= 0.6 is 0 Å². The molecule has 0 radical (unpaired) electrons. The summed E-state index contributed by atoms with van der Waals surface area (Å²) in [6, 6.07) is 0. The quantitative estimate of drug-likeness (QED) is 0.786. The van der Waals surface area contributed by atoms with E-state index in [9.17, 15) is 0 Å². The molecule has 0 spiro atoms. The van der Waals surface area contributed by atoms with Crippen LogP contribution in [-0.2, 0) is 4.74 Å². The van der Waals surface area contributed by atoms with E-state index >= 15 is 0 Å². The van der Waals surface area contributed by atoms with Crippen molar-refractivity contribution in [3.63, 3.8) is 0 Å². The summed E-state index contributed by atoms with van der Waals surface area (Å²) in [4.78, 5) is 2.58. The lowest BCUT2D eigenvalue weighted by Crippen LogP contribution is -2.33. The molecule has 1 N–H and O–H groups in total. The minimum atomic E-state index is 0.450. The van der Waals surface area contributed by atoms with Crippen LogP contribution in [0.15, 0.2) is 0 Å². The smallest absolute Gasteiger partial charge is 0.0707 e. The summed E-state index contributed by atoms with van der Waals surface area (Å²) in [7, 11) is 2.00. The molecule has 0 amide bonds. The Morgan fingerprint density at radius 2 is 2.06 bits per heavy atom. The van der Waals surface area contributed by atoms with Crippen molar-refractivity contribution in [3.05, 3.63) is 0 Å². The van der Waals surface area contributed by atoms with Gasteiger partial charge in [-0.3, -0.25) is 0 Å². The van der Waals surface area contributed by atoms with E-state index in [1.165, 1.54) is 32.4 Å². The van der Waals surface area contributed by atoms with Gasteiger partial charge in [0.15, 0.2) is 0 Å². The molecule has 2 rings (SSSR count). The van der Waals surface area contributed by atoms with E-state index in [2.05, 4.69) is 24.1 Å². The van der Waals surface area contributed by atoms with Gasteiger partial charge in [-0.15, -0.1) is 0 Å². The molecular formula is C13H26N2O. The minimum Gasteiger partial charge on any atom is -0.372 e. The summed E-state index contributed by atoms with van der Waals surface area (Å²) >= 11 is 0. The van der Waals surface area contributed by atoms with Gasteiger partial charge in [0.2, 0.25) is 0 Å². The Hall–Kier alpha value is -0.120. The highest BCUT2D eigenvalue weighted by atomic mass is 16.5. The topological polar surface area (TPSA) is 24.5 Å². The Balaban J connectivity index is 1.71. The second kappa shape index (κ2) is 5.03. The Morgan fingerprint density at radius 3 is 2.69 bits per heavy atom.